The van der Waals surface area contributed by atoms with E-state index in [-0.39, 0.29) is 4.90 Å². The zero-order chi connectivity index (χ0) is 20.4. The smallest absolute Gasteiger partial charge is 0.261 e. The minimum Gasteiger partial charge on any atom is -0.416 e. The highest BCUT2D eigenvalue weighted by Crippen LogP contribution is 2.26. The number of hydrogen-bond donors (Lipinski definition) is 1. The Hall–Kier alpha value is -3.45. The van der Waals surface area contributed by atoms with Gasteiger partial charge in [0, 0.05) is 16.8 Å². The van der Waals surface area contributed by atoms with Crippen molar-refractivity contribution in [2.24, 2.45) is 0 Å². The van der Waals surface area contributed by atoms with Crippen molar-refractivity contribution in [3.05, 3.63) is 83.9 Å². The maximum atomic E-state index is 12.7. The molecule has 0 bridgehead atoms. The Bertz CT molecular complexity index is 1230. The van der Waals surface area contributed by atoms with Crippen molar-refractivity contribution in [3.63, 3.8) is 0 Å². The summed E-state index contributed by atoms with van der Waals surface area (Å²) in [6.45, 7) is 3.74. The number of anilines is 1. The molecule has 1 N–H and O–H groups in total. The Kier molecular flexibility index (Phi) is 4.90. The van der Waals surface area contributed by atoms with Gasteiger partial charge in [0.15, 0.2) is 0 Å². The Morgan fingerprint density at radius 2 is 1.31 bits per heavy atom. The molecule has 6 nitrogen and oxygen atoms in total. The Morgan fingerprint density at radius 1 is 0.759 bits per heavy atom. The van der Waals surface area contributed by atoms with Crippen LogP contribution in [0.15, 0.2) is 82.1 Å². The van der Waals surface area contributed by atoms with Gasteiger partial charge in [-0.1, -0.05) is 24.3 Å². The number of hydrogen-bond acceptors (Lipinski definition) is 5. The molecule has 0 saturated carbocycles. The monoisotopic (exact) mass is 405 g/mol. The molecule has 0 spiro atoms. The summed E-state index contributed by atoms with van der Waals surface area (Å²) >= 11 is 0. The van der Waals surface area contributed by atoms with Gasteiger partial charge in [0.25, 0.3) is 10.0 Å². The fourth-order valence-corrected chi connectivity index (χ4v) is 4.27. The van der Waals surface area contributed by atoms with Crippen molar-refractivity contribution in [2.45, 2.75) is 18.7 Å². The first-order valence-corrected chi connectivity index (χ1v) is 10.5. The lowest BCUT2D eigenvalue weighted by atomic mass is 10.2. The number of nitrogens with zero attached hydrogens (tertiary/aromatic N) is 2. The largest absolute Gasteiger partial charge is 0.416 e. The number of rotatable bonds is 5. The molecule has 29 heavy (non-hydrogen) atoms. The van der Waals surface area contributed by atoms with E-state index in [2.05, 4.69) is 14.9 Å². The molecule has 0 aliphatic heterocycles. The van der Waals surface area contributed by atoms with Crippen LogP contribution in [0.25, 0.3) is 22.9 Å². The van der Waals surface area contributed by atoms with Crippen LogP contribution in [0.2, 0.25) is 0 Å². The minimum absolute atomic E-state index is 0.239. The molecule has 1 heterocycles. The third-order valence-electron chi connectivity index (χ3n) is 4.34. The predicted molar refractivity (Wildman–Crippen MR) is 112 cm³/mol. The summed E-state index contributed by atoms with van der Waals surface area (Å²) in [7, 11) is -3.67. The van der Waals surface area contributed by atoms with E-state index in [9.17, 15) is 8.42 Å². The van der Waals surface area contributed by atoms with Gasteiger partial charge >= 0.3 is 0 Å². The van der Waals surface area contributed by atoms with Crippen LogP contribution in [-0.4, -0.2) is 18.6 Å². The molecule has 4 rings (SSSR count). The molecule has 0 amide bonds. The Morgan fingerprint density at radius 3 is 1.90 bits per heavy atom. The molecule has 146 valence electrons. The molecular formula is C22H19N3O3S. The molecule has 0 aliphatic carbocycles. The average Bonchev–Trinajstić information content (AvgIpc) is 3.18. The molecule has 4 aromatic rings. The highest BCUT2D eigenvalue weighted by molar-refractivity contribution is 7.92. The van der Waals surface area contributed by atoms with E-state index in [4.69, 9.17) is 4.42 Å². The van der Waals surface area contributed by atoms with E-state index in [1.54, 1.807) is 36.4 Å². The summed E-state index contributed by atoms with van der Waals surface area (Å²) in [5.41, 5.74) is 3.78. The average molecular weight is 405 g/mol. The Labute approximate surface area is 169 Å². The summed E-state index contributed by atoms with van der Waals surface area (Å²) in [4.78, 5) is 0.239. The molecule has 0 fully saturated rings. The van der Waals surface area contributed by atoms with Crippen LogP contribution in [0.3, 0.4) is 0 Å². The summed E-state index contributed by atoms with van der Waals surface area (Å²) in [6, 6.07) is 21.5. The third kappa shape index (κ3) is 4.20. The first kappa shape index (κ1) is 18.9. The quantitative estimate of drug-likeness (QED) is 0.514. The SMILES string of the molecule is Cc1cc(C)cc(S(=O)(=O)Nc2ccc(-c3nnc(-c4ccccc4)o3)cc2)c1. The van der Waals surface area contributed by atoms with Crippen molar-refractivity contribution < 1.29 is 12.8 Å². The van der Waals surface area contributed by atoms with Gasteiger partial charge in [-0.15, -0.1) is 10.2 Å². The lowest BCUT2D eigenvalue weighted by Gasteiger charge is -2.10. The topological polar surface area (TPSA) is 85.1 Å². The van der Waals surface area contributed by atoms with Crippen molar-refractivity contribution >= 4 is 15.7 Å². The second-order valence-electron chi connectivity index (χ2n) is 6.78. The fourth-order valence-electron chi connectivity index (χ4n) is 3.02. The van der Waals surface area contributed by atoms with Crippen LogP contribution in [0, 0.1) is 13.8 Å². The summed E-state index contributed by atoms with van der Waals surface area (Å²) < 4.78 is 33.7. The molecule has 1 aromatic heterocycles. The predicted octanol–water partition coefficient (Wildman–Crippen LogP) is 4.82. The molecule has 0 atom stereocenters. The number of nitrogens with one attached hydrogen (secondary N) is 1. The van der Waals surface area contributed by atoms with E-state index < -0.39 is 10.0 Å². The zero-order valence-electron chi connectivity index (χ0n) is 16.0. The second-order valence-corrected chi connectivity index (χ2v) is 8.47. The van der Waals surface area contributed by atoms with Crippen LogP contribution >= 0.6 is 0 Å². The lowest BCUT2D eigenvalue weighted by Crippen LogP contribution is -2.13. The fraction of sp³-hybridized carbons (Fsp3) is 0.0909. The second kappa shape index (κ2) is 7.52. The van der Waals surface area contributed by atoms with Gasteiger partial charge in [0.05, 0.1) is 4.90 Å². The van der Waals surface area contributed by atoms with Gasteiger partial charge in [0.1, 0.15) is 0 Å². The molecule has 3 aromatic carbocycles. The number of benzene rings is 3. The van der Waals surface area contributed by atoms with Gasteiger partial charge in [0.2, 0.25) is 11.8 Å². The standard InChI is InChI=1S/C22H19N3O3S/c1-15-12-16(2)14-20(13-15)29(26,27)25-19-10-8-18(9-11-19)22-24-23-21(28-22)17-6-4-3-5-7-17/h3-14,25H,1-2H3. The van der Waals surface area contributed by atoms with Crippen molar-refractivity contribution in [2.75, 3.05) is 4.72 Å². The molecule has 0 unspecified atom stereocenters. The van der Waals surface area contributed by atoms with Crippen LogP contribution < -0.4 is 4.72 Å². The number of aryl methyl sites for hydroxylation is 2. The van der Waals surface area contributed by atoms with Crippen LogP contribution in [0.5, 0.6) is 0 Å². The molecule has 7 heteroatoms. The number of aromatic nitrogens is 2. The van der Waals surface area contributed by atoms with E-state index in [0.29, 0.717) is 23.0 Å². The van der Waals surface area contributed by atoms with Crippen LogP contribution in [-0.2, 0) is 10.0 Å². The van der Waals surface area contributed by atoms with Gasteiger partial charge in [-0.2, -0.15) is 0 Å². The molecule has 0 saturated heterocycles. The molecule has 0 radical (unpaired) electrons. The van der Waals surface area contributed by atoms with Crippen molar-refractivity contribution in [3.8, 4) is 22.9 Å². The summed E-state index contributed by atoms with van der Waals surface area (Å²) in [6.07, 6.45) is 0. The van der Waals surface area contributed by atoms with Crippen molar-refractivity contribution in [1.82, 2.24) is 10.2 Å². The van der Waals surface area contributed by atoms with Gasteiger partial charge in [-0.05, 0) is 73.5 Å². The van der Waals surface area contributed by atoms with Gasteiger partial charge < -0.3 is 4.42 Å². The first-order chi connectivity index (χ1) is 13.9. The van der Waals surface area contributed by atoms with Gasteiger partial charge in [-0.3, -0.25) is 4.72 Å². The minimum atomic E-state index is -3.67. The van der Waals surface area contributed by atoms with Crippen LogP contribution in [0.1, 0.15) is 11.1 Å². The first-order valence-electron chi connectivity index (χ1n) is 9.01. The molecular weight excluding hydrogens is 386 g/mol. The van der Waals surface area contributed by atoms with E-state index in [0.717, 1.165) is 16.7 Å². The number of sulfonamides is 1. The zero-order valence-corrected chi connectivity index (χ0v) is 16.8. The normalized spacial score (nSPS) is 11.4. The maximum Gasteiger partial charge on any atom is 0.261 e. The van der Waals surface area contributed by atoms with Crippen molar-refractivity contribution in [1.29, 1.82) is 0 Å². The maximum absolute atomic E-state index is 12.7. The van der Waals surface area contributed by atoms with Crippen LogP contribution in [0.4, 0.5) is 5.69 Å². The lowest BCUT2D eigenvalue weighted by molar-refractivity contribution is 0.584. The van der Waals surface area contributed by atoms with Gasteiger partial charge in [-0.25, -0.2) is 8.42 Å². The highest BCUT2D eigenvalue weighted by Gasteiger charge is 2.16. The highest BCUT2D eigenvalue weighted by atomic mass is 32.2. The summed E-state index contributed by atoms with van der Waals surface area (Å²) in [5.74, 6) is 0.799. The van der Waals surface area contributed by atoms with E-state index in [1.807, 2.05) is 50.2 Å². The van der Waals surface area contributed by atoms with E-state index >= 15 is 0 Å². The Balaban J connectivity index is 1.55. The summed E-state index contributed by atoms with van der Waals surface area (Å²) in [5, 5.41) is 8.15. The van der Waals surface area contributed by atoms with E-state index in [1.165, 1.54) is 0 Å². The molecule has 0 aliphatic rings. The third-order valence-corrected chi connectivity index (χ3v) is 5.70.